The van der Waals surface area contributed by atoms with E-state index in [9.17, 15) is 0 Å². The molecule has 7 rings (SSSR count). The normalized spacial score (nSPS) is 20.9. The Labute approximate surface area is 239 Å². The first-order valence-corrected chi connectivity index (χ1v) is 15.1. The zero-order valence-corrected chi connectivity index (χ0v) is 25.5. The molecule has 3 heteroatoms. The van der Waals surface area contributed by atoms with E-state index in [-0.39, 0.29) is 28.8 Å². The van der Waals surface area contributed by atoms with E-state index in [0.29, 0.717) is 0 Å². The largest absolute Gasteiger partial charge is 0.426 e. The number of aromatic nitrogens is 1. The molecule has 0 atom stereocenters. The lowest BCUT2D eigenvalue weighted by atomic mass is 9.54. The summed E-state index contributed by atoms with van der Waals surface area (Å²) in [5, 5.41) is 5.24. The number of nitrogens with zero attached hydrogens (tertiary/aromatic N) is 1. The maximum Gasteiger partial charge on any atom is 0.327 e. The molecule has 1 aromatic heterocycles. The molecule has 1 aliphatic carbocycles. The number of fused-ring (bicyclic) bond motifs is 5. The predicted octanol–water partition coefficient (Wildman–Crippen LogP) is 9.32. The summed E-state index contributed by atoms with van der Waals surface area (Å²) >= 11 is 0. The molecule has 0 bridgehead atoms. The third-order valence-corrected chi connectivity index (χ3v) is 10.9. The second kappa shape index (κ2) is 8.26. The van der Waals surface area contributed by atoms with Crippen molar-refractivity contribution >= 4 is 45.0 Å². The fourth-order valence-corrected chi connectivity index (χ4v) is 7.42. The van der Waals surface area contributed by atoms with E-state index in [0.717, 1.165) is 6.32 Å². The van der Waals surface area contributed by atoms with E-state index in [1.807, 2.05) is 0 Å². The number of rotatable bonds is 2. The van der Waals surface area contributed by atoms with Gasteiger partial charge in [-0.1, -0.05) is 90.1 Å². The lowest BCUT2D eigenvalue weighted by Gasteiger charge is -2.42. The molecule has 0 spiro atoms. The van der Waals surface area contributed by atoms with Crippen LogP contribution in [0.25, 0.3) is 38.3 Å². The molecule has 4 aromatic carbocycles. The molecule has 0 saturated carbocycles. The summed E-state index contributed by atoms with van der Waals surface area (Å²) in [6.45, 7) is 18.9. The number of para-hydroxylation sites is 1. The van der Waals surface area contributed by atoms with Crippen molar-refractivity contribution in [2.75, 3.05) is 0 Å². The van der Waals surface area contributed by atoms with Crippen molar-refractivity contribution in [3.8, 4) is 5.69 Å². The lowest BCUT2D eigenvalue weighted by molar-refractivity contribution is 0.0375. The lowest BCUT2D eigenvalue weighted by Crippen LogP contribution is -2.36. The van der Waals surface area contributed by atoms with Gasteiger partial charge in [0.15, 0.2) is 0 Å². The number of benzene rings is 4. The summed E-state index contributed by atoms with van der Waals surface area (Å²) in [6.07, 6.45) is 3.48. The molecule has 204 valence electrons. The van der Waals surface area contributed by atoms with Gasteiger partial charge in [-0.2, -0.15) is 0 Å². The highest BCUT2D eigenvalue weighted by molar-refractivity contribution is 6.68. The van der Waals surface area contributed by atoms with Gasteiger partial charge in [0.05, 0.1) is 22.3 Å². The van der Waals surface area contributed by atoms with Gasteiger partial charge in [-0.05, 0) is 95.5 Å². The van der Waals surface area contributed by atoms with Gasteiger partial charge >= 0.3 is 6.92 Å². The highest BCUT2D eigenvalue weighted by Crippen LogP contribution is 2.49. The molecule has 1 saturated heterocycles. The Balaban J connectivity index is 1.46. The first-order chi connectivity index (χ1) is 18.8. The van der Waals surface area contributed by atoms with Crippen LogP contribution in [0.2, 0.25) is 6.32 Å². The molecular formula is C37H42BNO. The van der Waals surface area contributed by atoms with E-state index in [1.54, 1.807) is 0 Å². The summed E-state index contributed by atoms with van der Waals surface area (Å²) in [7, 11) is 0. The first kappa shape index (κ1) is 25.9. The molecule has 2 heterocycles. The molecule has 40 heavy (non-hydrogen) atoms. The highest BCUT2D eigenvalue weighted by atomic mass is 16.5. The van der Waals surface area contributed by atoms with E-state index < -0.39 is 0 Å². The van der Waals surface area contributed by atoms with Crippen molar-refractivity contribution in [1.29, 1.82) is 0 Å². The van der Waals surface area contributed by atoms with Gasteiger partial charge in [0.2, 0.25) is 0 Å². The molecule has 1 fully saturated rings. The second-order valence-electron chi connectivity index (χ2n) is 15.0. The van der Waals surface area contributed by atoms with E-state index in [1.165, 1.54) is 67.7 Å². The summed E-state index contributed by atoms with van der Waals surface area (Å²) in [6, 6.07) is 27.7. The third kappa shape index (κ3) is 3.66. The average molecular weight is 528 g/mol. The predicted molar refractivity (Wildman–Crippen MR) is 173 cm³/mol. The molecule has 1 aliphatic heterocycles. The van der Waals surface area contributed by atoms with Gasteiger partial charge in [0.25, 0.3) is 0 Å². The van der Waals surface area contributed by atoms with Crippen molar-refractivity contribution < 1.29 is 4.65 Å². The van der Waals surface area contributed by atoms with Gasteiger partial charge in [0, 0.05) is 16.2 Å². The van der Waals surface area contributed by atoms with Gasteiger partial charge < -0.3 is 9.22 Å². The first-order valence-electron chi connectivity index (χ1n) is 15.1. The Kier molecular flexibility index (Phi) is 5.35. The van der Waals surface area contributed by atoms with E-state index in [4.69, 9.17) is 4.65 Å². The fraction of sp³-hybridized carbons (Fsp3) is 0.405. The standard InChI is InChI=1S/C37H42BNO/c1-34(2)18-19-35(3,4)30-22-33-28(21-29(30)34)27-13-9-10-14-32(27)39(33)31-15-11-12-24-20-25(16-17-26(24)31)38-23-36(5,6)37(7,8)40-38/h9-17,20-22H,18-19,23H2,1-8H3. The van der Waals surface area contributed by atoms with Crippen molar-refractivity contribution in [3.63, 3.8) is 0 Å². The zero-order valence-electron chi connectivity index (χ0n) is 25.5. The Bertz CT molecular complexity index is 1800. The van der Waals surface area contributed by atoms with Crippen LogP contribution in [0.3, 0.4) is 0 Å². The van der Waals surface area contributed by atoms with Gasteiger partial charge in [-0.25, -0.2) is 0 Å². The minimum absolute atomic E-state index is 0.128. The van der Waals surface area contributed by atoms with Crippen LogP contribution in [-0.2, 0) is 15.5 Å². The molecule has 0 N–H and O–H groups in total. The summed E-state index contributed by atoms with van der Waals surface area (Å²) in [5.41, 5.74) is 8.48. The molecule has 2 aliphatic rings. The molecule has 0 unspecified atom stereocenters. The number of hydrogen-bond donors (Lipinski definition) is 0. The minimum Gasteiger partial charge on any atom is -0.426 e. The van der Waals surface area contributed by atoms with Crippen LogP contribution < -0.4 is 5.46 Å². The summed E-state index contributed by atoms with van der Waals surface area (Å²) in [4.78, 5) is 0. The number of hydrogen-bond acceptors (Lipinski definition) is 1. The molecule has 0 amide bonds. The second-order valence-corrected chi connectivity index (χ2v) is 15.0. The van der Waals surface area contributed by atoms with Gasteiger partial charge in [0.1, 0.15) is 0 Å². The van der Waals surface area contributed by atoms with Crippen LogP contribution in [0.15, 0.2) is 72.8 Å². The molecular weight excluding hydrogens is 485 g/mol. The quantitative estimate of drug-likeness (QED) is 0.209. The van der Waals surface area contributed by atoms with Crippen LogP contribution in [0.5, 0.6) is 0 Å². The summed E-state index contributed by atoms with van der Waals surface area (Å²) < 4.78 is 9.12. The highest BCUT2D eigenvalue weighted by Gasteiger charge is 2.49. The SMILES string of the molecule is CC1(C)CCC(C)(C)c2cc3c(cc21)c1ccccc1n3-c1cccc2cc(B3CC(C)(C)C(C)(C)O3)ccc12. The third-order valence-electron chi connectivity index (χ3n) is 10.9. The fourth-order valence-electron chi connectivity index (χ4n) is 7.42. The smallest absolute Gasteiger partial charge is 0.327 e. The Hall–Kier alpha value is -3.04. The van der Waals surface area contributed by atoms with Crippen molar-refractivity contribution in [2.45, 2.75) is 91.0 Å². The van der Waals surface area contributed by atoms with Gasteiger partial charge in [-0.3, -0.25) is 0 Å². The molecule has 0 radical (unpaired) electrons. The molecule has 2 nitrogen and oxygen atoms in total. The van der Waals surface area contributed by atoms with Gasteiger partial charge in [-0.15, -0.1) is 0 Å². The van der Waals surface area contributed by atoms with Crippen molar-refractivity contribution in [1.82, 2.24) is 4.57 Å². The monoisotopic (exact) mass is 527 g/mol. The van der Waals surface area contributed by atoms with Crippen LogP contribution in [0.1, 0.15) is 79.4 Å². The average Bonchev–Trinajstić information content (AvgIpc) is 3.34. The van der Waals surface area contributed by atoms with Crippen LogP contribution in [0, 0.1) is 5.41 Å². The van der Waals surface area contributed by atoms with Crippen molar-refractivity contribution in [3.05, 3.63) is 83.9 Å². The van der Waals surface area contributed by atoms with Crippen molar-refractivity contribution in [2.24, 2.45) is 5.41 Å². The maximum absolute atomic E-state index is 6.60. The van der Waals surface area contributed by atoms with E-state index in [2.05, 4.69) is 133 Å². The van der Waals surface area contributed by atoms with Crippen LogP contribution in [0.4, 0.5) is 0 Å². The maximum atomic E-state index is 6.60. The molecule has 5 aromatic rings. The summed E-state index contributed by atoms with van der Waals surface area (Å²) in [5.74, 6) is 0. The zero-order chi connectivity index (χ0) is 28.2. The Morgan fingerprint density at radius 1 is 0.650 bits per heavy atom. The minimum atomic E-state index is -0.140. The van der Waals surface area contributed by atoms with Crippen LogP contribution in [-0.4, -0.2) is 17.1 Å². The van der Waals surface area contributed by atoms with E-state index >= 15 is 0 Å². The Morgan fingerprint density at radius 3 is 2.05 bits per heavy atom. The topological polar surface area (TPSA) is 14.2 Å². The Morgan fingerprint density at radius 2 is 1.35 bits per heavy atom. The van der Waals surface area contributed by atoms with Crippen LogP contribution >= 0.6 is 0 Å².